The van der Waals surface area contributed by atoms with Gasteiger partial charge in [0.15, 0.2) is 5.60 Å². The van der Waals surface area contributed by atoms with E-state index in [0.29, 0.717) is 59.4 Å². The molecule has 1 aliphatic heterocycles. The van der Waals surface area contributed by atoms with E-state index < -0.39 is 11.7 Å². The summed E-state index contributed by atoms with van der Waals surface area (Å²) in [5, 5.41) is 20.7. The first-order valence-corrected chi connectivity index (χ1v) is 21.6. The summed E-state index contributed by atoms with van der Waals surface area (Å²) >= 11 is 14.0. The molecule has 286 valence electrons. The molecular weight excluding hydrogens is 914 g/mol. The standard InChI is InChI=1S/C38H55Br4N3O6/c1-4-5-6-11-15-26(2)16-12-9-7-8-10-13-17-32(46)43-20-18-27-22-28(39)34(29(40)23-27)50-21-14-19-44-37(48)31-25-38(51-45-31)24-30(41)35(49-3)33(42)36(38)47/h22-24,26,36,47H,4-21,25H2,1-3H3,(H,43,46)(H,44,48). The maximum absolute atomic E-state index is 12.8. The van der Waals surface area contributed by atoms with Crippen LogP contribution in [0.5, 0.6) is 5.75 Å². The second kappa shape index (κ2) is 23.4. The molecule has 13 heteroatoms. The van der Waals surface area contributed by atoms with E-state index in [1.54, 1.807) is 6.08 Å². The summed E-state index contributed by atoms with van der Waals surface area (Å²) in [5.41, 5.74) is 0.0722. The Labute approximate surface area is 338 Å². The highest BCUT2D eigenvalue weighted by molar-refractivity contribution is 9.12. The molecule has 2 aliphatic rings. The zero-order valence-corrected chi connectivity index (χ0v) is 36.6. The van der Waals surface area contributed by atoms with Crippen LogP contribution >= 0.6 is 63.7 Å². The Morgan fingerprint density at radius 2 is 1.61 bits per heavy atom. The maximum Gasteiger partial charge on any atom is 0.269 e. The molecule has 0 saturated heterocycles. The number of unbranched alkanes of at least 4 members (excludes halogenated alkanes) is 8. The summed E-state index contributed by atoms with van der Waals surface area (Å²) in [4.78, 5) is 30.7. The lowest BCUT2D eigenvalue weighted by atomic mass is 9.87. The number of halogens is 4. The Hall–Kier alpha value is -1.41. The number of benzene rings is 1. The first-order chi connectivity index (χ1) is 24.5. The van der Waals surface area contributed by atoms with Crippen LogP contribution in [0.25, 0.3) is 0 Å². The van der Waals surface area contributed by atoms with Crippen LogP contribution in [0.3, 0.4) is 0 Å². The van der Waals surface area contributed by atoms with E-state index in [9.17, 15) is 14.7 Å². The summed E-state index contributed by atoms with van der Waals surface area (Å²) in [6.07, 6.45) is 17.9. The second-order valence-electron chi connectivity index (χ2n) is 13.6. The van der Waals surface area contributed by atoms with Crippen LogP contribution < -0.4 is 15.4 Å². The number of methoxy groups -OCH3 is 1. The van der Waals surface area contributed by atoms with Crippen LogP contribution in [0.15, 0.2) is 47.0 Å². The highest BCUT2D eigenvalue weighted by Gasteiger charge is 2.50. The van der Waals surface area contributed by atoms with Crippen LogP contribution in [0.2, 0.25) is 0 Å². The van der Waals surface area contributed by atoms with Gasteiger partial charge in [-0.1, -0.05) is 89.6 Å². The van der Waals surface area contributed by atoms with Crippen molar-refractivity contribution >= 4 is 81.2 Å². The summed E-state index contributed by atoms with van der Waals surface area (Å²) < 4.78 is 13.9. The van der Waals surface area contributed by atoms with Gasteiger partial charge in [0.2, 0.25) is 5.91 Å². The Morgan fingerprint density at radius 3 is 2.27 bits per heavy atom. The van der Waals surface area contributed by atoms with Crippen molar-refractivity contribution in [1.82, 2.24) is 10.6 Å². The molecule has 0 radical (unpaired) electrons. The topological polar surface area (TPSA) is 118 Å². The van der Waals surface area contributed by atoms with Gasteiger partial charge in [-0.25, -0.2) is 0 Å². The van der Waals surface area contributed by atoms with Crippen LogP contribution in [0, 0.1) is 5.92 Å². The number of carbonyl (C=O) groups is 2. The zero-order valence-electron chi connectivity index (χ0n) is 30.3. The van der Waals surface area contributed by atoms with Crippen LogP contribution in [0.4, 0.5) is 0 Å². The summed E-state index contributed by atoms with van der Waals surface area (Å²) in [6, 6.07) is 4.01. The minimum absolute atomic E-state index is 0.104. The number of hydrogen-bond acceptors (Lipinski definition) is 7. The molecule has 1 aliphatic carbocycles. The monoisotopic (exact) mass is 965 g/mol. The summed E-state index contributed by atoms with van der Waals surface area (Å²) in [6.45, 7) is 6.00. The van der Waals surface area contributed by atoms with Crippen molar-refractivity contribution in [2.45, 2.75) is 128 Å². The van der Waals surface area contributed by atoms with Gasteiger partial charge in [0, 0.05) is 25.9 Å². The SMILES string of the molecule is CCCCCCC(C)CCCCCCCCC(=O)NCCc1cc(Br)c(OCCCNC(=O)C2=NOC3(C=C(Br)C(OC)=C(Br)C3O)C2)c(Br)c1. The third-order valence-electron chi connectivity index (χ3n) is 9.29. The molecule has 1 aromatic rings. The van der Waals surface area contributed by atoms with Crippen molar-refractivity contribution < 1.29 is 29.0 Å². The number of nitrogens with one attached hydrogen (secondary N) is 2. The second-order valence-corrected chi connectivity index (χ2v) is 17.0. The lowest BCUT2D eigenvalue weighted by molar-refractivity contribution is -0.121. The highest BCUT2D eigenvalue weighted by atomic mass is 79.9. The van der Waals surface area contributed by atoms with E-state index in [4.69, 9.17) is 14.3 Å². The van der Waals surface area contributed by atoms with Crippen LogP contribution in [-0.4, -0.2) is 61.1 Å². The van der Waals surface area contributed by atoms with Gasteiger partial charge in [-0.3, -0.25) is 9.59 Å². The number of rotatable bonds is 24. The van der Waals surface area contributed by atoms with E-state index in [1.807, 2.05) is 12.1 Å². The Bertz CT molecular complexity index is 1360. The number of aliphatic hydroxyl groups excluding tert-OH is 1. The molecule has 1 aromatic carbocycles. The van der Waals surface area contributed by atoms with Crippen molar-refractivity contribution in [3.63, 3.8) is 0 Å². The van der Waals surface area contributed by atoms with Crippen molar-refractivity contribution in [3.05, 3.63) is 47.4 Å². The zero-order chi connectivity index (χ0) is 37.2. The van der Waals surface area contributed by atoms with Gasteiger partial charge in [-0.2, -0.15) is 0 Å². The highest BCUT2D eigenvalue weighted by Crippen LogP contribution is 2.44. The molecule has 2 amide bonds. The van der Waals surface area contributed by atoms with Crippen molar-refractivity contribution in [2.75, 3.05) is 26.8 Å². The van der Waals surface area contributed by atoms with Gasteiger partial charge in [-0.15, -0.1) is 0 Å². The quantitative estimate of drug-likeness (QED) is 0.0889. The van der Waals surface area contributed by atoms with E-state index in [2.05, 4.69) is 93.4 Å². The lowest BCUT2D eigenvalue weighted by Gasteiger charge is -2.33. The molecule has 0 aromatic heterocycles. The van der Waals surface area contributed by atoms with Crippen molar-refractivity contribution in [2.24, 2.45) is 11.1 Å². The van der Waals surface area contributed by atoms with Gasteiger partial charge in [0.25, 0.3) is 5.91 Å². The van der Waals surface area contributed by atoms with Gasteiger partial charge < -0.3 is 30.1 Å². The average molecular weight is 969 g/mol. The van der Waals surface area contributed by atoms with E-state index >= 15 is 0 Å². The van der Waals surface area contributed by atoms with E-state index in [1.165, 1.54) is 71.3 Å². The van der Waals surface area contributed by atoms with Crippen LogP contribution in [-0.2, 0) is 25.6 Å². The number of carbonyl (C=O) groups excluding carboxylic acids is 2. The molecule has 3 rings (SSSR count). The fourth-order valence-electron chi connectivity index (χ4n) is 6.25. The summed E-state index contributed by atoms with van der Waals surface area (Å²) in [5.74, 6) is 1.75. The van der Waals surface area contributed by atoms with Gasteiger partial charge in [-0.05, 0) is 113 Å². The fourth-order valence-corrected chi connectivity index (χ4v) is 9.55. The molecule has 51 heavy (non-hydrogen) atoms. The van der Waals surface area contributed by atoms with Crippen molar-refractivity contribution in [3.8, 4) is 5.75 Å². The van der Waals surface area contributed by atoms with Gasteiger partial charge in [0.05, 0.1) is 31.6 Å². The Morgan fingerprint density at radius 1 is 0.961 bits per heavy atom. The van der Waals surface area contributed by atoms with E-state index in [-0.39, 0.29) is 23.9 Å². The summed E-state index contributed by atoms with van der Waals surface area (Å²) in [7, 11) is 1.50. The number of allylic oxidation sites excluding steroid dienone is 1. The molecule has 1 spiro atoms. The average Bonchev–Trinajstić information content (AvgIpc) is 3.52. The third-order valence-corrected chi connectivity index (χ3v) is 11.9. The molecule has 1 heterocycles. The molecular formula is C38H55Br4N3O6. The van der Waals surface area contributed by atoms with E-state index in [0.717, 1.165) is 33.3 Å². The molecule has 0 fully saturated rings. The molecule has 0 saturated carbocycles. The number of nitrogens with zero attached hydrogens (tertiary/aromatic N) is 1. The number of aliphatic hydroxyl groups is 1. The van der Waals surface area contributed by atoms with Crippen molar-refractivity contribution in [1.29, 1.82) is 0 Å². The first kappa shape index (κ1) is 44.0. The fraction of sp³-hybridized carbons (Fsp3) is 0.658. The predicted octanol–water partition coefficient (Wildman–Crippen LogP) is 9.90. The minimum Gasteiger partial charge on any atom is -0.495 e. The number of amides is 2. The Kier molecular flexibility index (Phi) is 20.2. The lowest BCUT2D eigenvalue weighted by Crippen LogP contribution is -2.45. The van der Waals surface area contributed by atoms with Gasteiger partial charge in [0.1, 0.15) is 23.3 Å². The van der Waals surface area contributed by atoms with Crippen LogP contribution in [0.1, 0.15) is 116 Å². The molecule has 3 unspecified atom stereocenters. The number of ether oxygens (including phenoxy) is 2. The molecule has 0 bridgehead atoms. The molecule has 3 N–H and O–H groups in total. The first-order valence-electron chi connectivity index (χ1n) is 18.4. The maximum atomic E-state index is 12.8. The Balaban J connectivity index is 1.25. The third kappa shape index (κ3) is 14.4. The largest absolute Gasteiger partial charge is 0.495 e. The number of hydrogen-bond donors (Lipinski definition) is 3. The van der Waals surface area contributed by atoms with Gasteiger partial charge >= 0.3 is 0 Å². The molecule has 3 atom stereocenters. The predicted molar refractivity (Wildman–Crippen MR) is 218 cm³/mol. The smallest absolute Gasteiger partial charge is 0.269 e. The number of oxime groups is 1. The normalized spacial score (nSPS) is 19.0. The molecule has 9 nitrogen and oxygen atoms in total. The minimum atomic E-state index is -1.20.